The van der Waals surface area contributed by atoms with Crippen molar-refractivity contribution < 1.29 is 28.5 Å². The molecule has 2 saturated heterocycles. The minimum absolute atomic E-state index is 0.171. The molecular weight excluding hydrogens is 386 g/mol. The molecule has 0 bridgehead atoms. The lowest BCUT2D eigenvalue weighted by Crippen LogP contribution is -2.67. The molecule has 1 amide bonds. The summed E-state index contributed by atoms with van der Waals surface area (Å²) in [5, 5.41) is 3.00. The Hall–Kier alpha value is -2.29. The van der Waals surface area contributed by atoms with Crippen LogP contribution in [0.1, 0.15) is 24.3 Å². The van der Waals surface area contributed by atoms with E-state index in [9.17, 15) is 4.79 Å². The van der Waals surface area contributed by atoms with Gasteiger partial charge < -0.3 is 29.0 Å². The molecule has 2 heterocycles. The second kappa shape index (κ2) is 9.68. The minimum Gasteiger partial charge on any atom is -0.366 e. The Morgan fingerprint density at radius 3 is 2.43 bits per heavy atom. The van der Waals surface area contributed by atoms with Crippen molar-refractivity contribution in [2.45, 2.75) is 50.5 Å². The molecule has 6 atom stereocenters. The average Bonchev–Trinajstić information content (AvgIpc) is 2.78. The van der Waals surface area contributed by atoms with Gasteiger partial charge in [-0.15, -0.1) is 0 Å². The van der Waals surface area contributed by atoms with Gasteiger partial charge in [-0.2, -0.15) is 0 Å². The molecule has 0 saturated carbocycles. The molecule has 160 valence electrons. The van der Waals surface area contributed by atoms with E-state index in [1.165, 1.54) is 6.92 Å². The number of fused-ring (bicyclic) bond motifs is 1. The third-order valence-corrected chi connectivity index (χ3v) is 5.30. The first-order chi connectivity index (χ1) is 14.7. The SMILES string of the molecule is COC1OC2COC(c3ccccc3)OC2C(NC(C)=O)C1OCc1ccccc1. The van der Waals surface area contributed by atoms with Crippen molar-refractivity contribution in [3.05, 3.63) is 71.8 Å². The number of hydrogen-bond acceptors (Lipinski definition) is 6. The third-order valence-electron chi connectivity index (χ3n) is 5.30. The summed E-state index contributed by atoms with van der Waals surface area (Å²) in [7, 11) is 1.56. The summed E-state index contributed by atoms with van der Waals surface area (Å²) in [4.78, 5) is 12.0. The molecule has 2 aliphatic rings. The van der Waals surface area contributed by atoms with Crippen LogP contribution in [0.25, 0.3) is 0 Å². The molecule has 2 fully saturated rings. The van der Waals surface area contributed by atoms with Gasteiger partial charge in [-0.05, 0) is 5.56 Å². The van der Waals surface area contributed by atoms with Gasteiger partial charge in [0.25, 0.3) is 0 Å². The summed E-state index contributed by atoms with van der Waals surface area (Å²) < 4.78 is 30.0. The molecule has 0 aromatic heterocycles. The molecule has 2 aromatic rings. The topological polar surface area (TPSA) is 75.3 Å². The van der Waals surface area contributed by atoms with Gasteiger partial charge in [-0.1, -0.05) is 60.7 Å². The zero-order chi connectivity index (χ0) is 20.9. The maximum absolute atomic E-state index is 12.0. The molecule has 7 nitrogen and oxygen atoms in total. The highest BCUT2D eigenvalue weighted by Gasteiger charge is 2.51. The van der Waals surface area contributed by atoms with Crippen LogP contribution in [-0.2, 0) is 35.1 Å². The zero-order valence-corrected chi connectivity index (χ0v) is 17.1. The smallest absolute Gasteiger partial charge is 0.217 e. The normalized spacial score (nSPS) is 31.0. The summed E-state index contributed by atoms with van der Waals surface area (Å²) in [6, 6.07) is 19.1. The van der Waals surface area contributed by atoms with Crippen molar-refractivity contribution in [2.75, 3.05) is 13.7 Å². The molecule has 2 aliphatic heterocycles. The number of amides is 1. The van der Waals surface area contributed by atoms with Gasteiger partial charge >= 0.3 is 0 Å². The van der Waals surface area contributed by atoms with Crippen LogP contribution in [0.4, 0.5) is 0 Å². The third kappa shape index (κ3) is 4.71. The highest BCUT2D eigenvalue weighted by Crippen LogP contribution is 2.35. The van der Waals surface area contributed by atoms with E-state index in [2.05, 4.69) is 5.32 Å². The van der Waals surface area contributed by atoms with E-state index < -0.39 is 30.8 Å². The lowest BCUT2D eigenvalue weighted by atomic mass is 9.94. The van der Waals surface area contributed by atoms with Crippen LogP contribution in [0.2, 0.25) is 0 Å². The van der Waals surface area contributed by atoms with E-state index in [0.717, 1.165) is 11.1 Å². The summed E-state index contributed by atoms with van der Waals surface area (Å²) in [5.74, 6) is -0.171. The van der Waals surface area contributed by atoms with Gasteiger partial charge in [0.15, 0.2) is 12.6 Å². The second-order valence-corrected chi connectivity index (χ2v) is 7.44. The summed E-state index contributed by atoms with van der Waals surface area (Å²) in [6.07, 6.45) is -2.58. The van der Waals surface area contributed by atoms with E-state index in [4.69, 9.17) is 23.7 Å². The van der Waals surface area contributed by atoms with Gasteiger partial charge in [0.05, 0.1) is 19.3 Å². The molecule has 0 radical (unpaired) electrons. The molecule has 7 heteroatoms. The average molecular weight is 413 g/mol. The molecule has 0 aliphatic carbocycles. The number of methoxy groups -OCH3 is 1. The van der Waals surface area contributed by atoms with Crippen LogP contribution in [0.5, 0.6) is 0 Å². The van der Waals surface area contributed by atoms with Crippen LogP contribution in [0, 0.1) is 0 Å². The Bertz CT molecular complexity index is 811. The van der Waals surface area contributed by atoms with Gasteiger partial charge in [0, 0.05) is 19.6 Å². The number of rotatable bonds is 6. The standard InChI is InChI=1S/C23H27NO6/c1-15(25)24-19-20-18(14-28-22(30-20)17-11-7-4-8-12-17)29-23(26-2)21(19)27-13-16-9-5-3-6-10-16/h3-12,18-23H,13-14H2,1-2H3,(H,24,25). The van der Waals surface area contributed by atoms with Crippen molar-refractivity contribution in [3.63, 3.8) is 0 Å². The Balaban J connectivity index is 1.55. The number of carbonyl (C=O) groups is 1. The molecule has 30 heavy (non-hydrogen) atoms. The van der Waals surface area contributed by atoms with Crippen molar-refractivity contribution in [2.24, 2.45) is 0 Å². The Morgan fingerprint density at radius 1 is 1.07 bits per heavy atom. The van der Waals surface area contributed by atoms with E-state index in [1.807, 2.05) is 60.7 Å². The van der Waals surface area contributed by atoms with E-state index in [1.54, 1.807) is 7.11 Å². The monoisotopic (exact) mass is 413 g/mol. The lowest BCUT2D eigenvalue weighted by molar-refractivity contribution is -0.345. The number of carbonyl (C=O) groups excluding carboxylic acids is 1. The van der Waals surface area contributed by atoms with Crippen molar-refractivity contribution >= 4 is 5.91 Å². The fourth-order valence-corrected chi connectivity index (χ4v) is 3.91. The molecule has 2 aromatic carbocycles. The first kappa shape index (κ1) is 21.0. The fourth-order valence-electron chi connectivity index (χ4n) is 3.91. The Labute approximate surface area is 176 Å². The van der Waals surface area contributed by atoms with Gasteiger partial charge in [-0.25, -0.2) is 0 Å². The van der Waals surface area contributed by atoms with Gasteiger partial charge in [0.2, 0.25) is 5.91 Å². The molecule has 0 spiro atoms. The lowest BCUT2D eigenvalue weighted by Gasteiger charge is -2.49. The summed E-state index contributed by atoms with van der Waals surface area (Å²) in [5.41, 5.74) is 1.93. The van der Waals surface area contributed by atoms with Crippen LogP contribution in [-0.4, -0.2) is 50.3 Å². The number of hydrogen-bond donors (Lipinski definition) is 1. The van der Waals surface area contributed by atoms with E-state index in [0.29, 0.717) is 13.2 Å². The van der Waals surface area contributed by atoms with Crippen LogP contribution < -0.4 is 5.32 Å². The Morgan fingerprint density at radius 2 is 1.77 bits per heavy atom. The van der Waals surface area contributed by atoms with E-state index >= 15 is 0 Å². The predicted octanol–water partition coefficient (Wildman–Crippen LogP) is 2.56. The molecule has 4 rings (SSSR count). The fraction of sp³-hybridized carbons (Fsp3) is 0.435. The van der Waals surface area contributed by atoms with Crippen LogP contribution in [0.15, 0.2) is 60.7 Å². The summed E-state index contributed by atoms with van der Waals surface area (Å²) in [6.45, 7) is 2.17. The number of nitrogens with one attached hydrogen (secondary N) is 1. The van der Waals surface area contributed by atoms with Crippen molar-refractivity contribution in [1.82, 2.24) is 5.32 Å². The zero-order valence-electron chi connectivity index (χ0n) is 17.1. The molecule has 1 N–H and O–H groups in total. The Kier molecular flexibility index (Phi) is 6.76. The number of benzene rings is 2. The molecular formula is C23H27NO6. The summed E-state index contributed by atoms with van der Waals surface area (Å²) >= 11 is 0. The molecule has 6 unspecified atom stereocenters. The largest absolute Gasteiger partial charge is 0.366 e. The second-order valence-electron chi connectivity index (χ2n) is 7.44. The minimum atomic E-state index is -0.660. The van der Waals surface area contributed by atoms with Crippen molar-refractivity contribution in [1.29, 1.82) is 0 Å². The maximum Gasteiger partial charge on any atom is 0.217 e. The maximum atomic E-state index is 12.0. The highest BCUT2D eigenvalue weighted by molar-refractivity contribution is 5.73. The van der Waals surface area contributed by atoms with Gasteiger partial charge in [0.1, 0.15) is 18.3 Å². The number of ether oxygens (including phenoxy) is 5. The first-order valence-electron chi connectivity index (χ1n) is 10.1. The van der Waals surface area contributed by atoms with E-state index in [-0.39, 0.29) is 12.0 Å². The van der Waals surface area contributed by atoms with Crippen LogP contribution >= 0.6 is 0 Å². The van der Waals surface area contributed by atoms with Crippen molar-refractivity contribution in [3.8, 4) is 0 Å². The van der Waals surface area contributed by atoms with Crippen LogP contribution in [0.3, 0.4) is 0 Å². The first-order valence-corrected chi connectivity index (χ1v) is 10.1. The quantitative estimate of drug-likeness (QED) is 0.785. The predicted molar refractivity (Wildman–Crippen MR) is 108 cm³/mol. The highest BCUT2D eigenvalue weighted by atomic mass is 16.8. The van der Waals surface area contributed by atoms with Gasteiger partial charge in [-0.3, -0.25) is 4.79 Å².